The molecular formula is C27H32FNO6. The Hall–Kier alpha value is -3.39. The number of carbonyl (C=O) groups excluding carboxylic acids is 2. The SMILES string of the molecule is CCOc1cc(C2/C(=C(\O)c3ccc(F)cc3)C(=O)C(=O)N2CCOC)ccc1OCCC(C)C. The van der Waals surface area contributed by atoms with Crippen molar-refractivity contribution in [2.75, 3.05) is 33.5 Å². The van der Waals surface area contributed by atoms with Crippen molar-refractivity contribution in [3.05, 3.63) is 65.0 Å². The van der Waals surface area contributed by atoms with Gasteiger partial charge in [0.15, 0.2) is 11.5 Å². The number of ether oxygens (including phenoxy) is 3. The van der Waals surface area contributed by atoms with Crippen LogP contribution in [0.15, 0.2) is 48.0 Å². The summed E-state index contributed by atoms with van der Waals surface area (Å²) < 4.78 is 30.3. The smallest absolute Gasteiger partial charge is 0.295 e. The number of ketones is 1. The second-order valence-corrected chi connectivity index (χ2v) is 8.66. The number of likely N-dealkylation sites (tertiary alicyclic amines) is 1. The van der Waals surface area contributed by atoms with Gasteiger partial charge in [0.05, 0.1) is 31.4 Å². The van der Waals surface area contributed by atoms with Crippen molar-refractivity contribution in [1.82, 2.24) is 4.90 Å². The summed E-state index contributed by atoms with van der Waals surface area (Å²) in [6.45, 7) is 7.33. The lowest BCUT2D eigenvalue weighted by Crippen LogP contribution is -2.32. The van der Waals surface area contributed by atoms with Crippen molar-refractivity contribution >= 4 is 17.4 Å². The fraction of sp³-hybridized carbons (Fsp3) is 0.407. The Labute approximate surface area is 205 Å². The van der Waals surface area contributed by atoms with Crippen molar-refractivity contribution in [3.63, 3.8) is 0 Å². The third-order valence-electron chi connectivity index (χ3n) is 5.73. The van der Waals surface area contributed by atoms with Gasteiger partial charge in [0.2, 0.25) is 0 Å². The zero-order chi connectivity index (χ0) is 25.5. The molecule has 1 amide bonds. The Morgan fingerprint density at radius 1 is 1.06 bits per heavy atom. The van der Waals surface area contributed by atoms with E-state index in [1.807, 2.05) is 6.92 Å². The zero-order valence-electron chi connectivity index (χ0n) is 20.5. The zero-order valence-corrected chi connectivity index (χ0v) is 20.5. The molecule has 1 unspecified atom stereocenters. The molecule has 0 saturated carbocycles. The number of amides is 1. The van der Waals surface area contributed by atoms with Crippen LogP contribution in [0.2, 0.25) is 0 Å². The van der Waals surface area contributed by atoms with E-state index in [1.165, 1.54) is 36.3 Å². The molecular weight excluding hydrogens is 453 g/mol. The molecule has 1 atom stereocenters. The summed E-state index contributed by atoms with van der Waals surface area (Å²) in [6, 6.07) is 9.43. The van der Waals surface area contributed by atoms with Crippen LogP contribution < -0.4 is 9.47 Å². The van der Waals surface area contributed by atoms with Crippen LogP contribution in [0.3, 0.4) is 0 Å². The number of methoxy groups -OCH3 is 1. The second-order valence-electron chi connectivity index (χ2n) is 8.66. The highest BCUT2D eigenvalue weighted by atomic mass is 19.1. The van der Waals surface area contributed by atoms with Gasteiger partial charge < -0.3 is 24.2 Å². The van der Waals surface area contributed by atoms with Crippen molar-refractivity contribution in [2.45, 2.75) is 33.2 Å². The normalized spacial score (nSPS) is 17.3. The van der Waals surface area contributed by atoms with E-state index < -0.39 is 23.5 Å². The molecule has 188 valence electrons. The van der Waals surface area contributed by atoms with Gasteiger partial charge in [-0.2, -0.15) is 0 Å². The number of Topliss-reactive ketones (excluding diaryl/α,β-unsaturated/α-hetero) is 1. The van der Waals surface area contributed by atoms with Crippen molar-refractivity contribution in [2.24, 2.45) is 5.92 Å². The van der Waals surface area contributed by atoms with Gasteiger partial charge in [-0.3, -0.25) is 9.59 Å². The summed E-state index contributed by atoms with van der Waals surface area (Å²) in [4.78, 5) is 27.4. The third-order valence-corrected chi connectivity index (χ3v) is 5.73. The Morgan fingerprint density at radius 3 is 2.40 bits per heavy atom. The molecule has 0 spiro atoms. The van der Waals surface area contributed by atoms with Crippen LogP contribution in [0.5, 0.6) is 11.5 Å². The molecule has 8 heteroatoms. The lowest BCUT2D eigenvalue weighted by Gasteiger charge is -2.26. The molecule has 1 aliphatic heterocycles. The molecule has 1 fully saturated rings. The van der Waals surface area contributed by atoms with Gasteiger partial charge in [0.1, 0.15) is 11.6 Å². The number of halogens is 1. The van der Waals surface area contributed by atoms with E-state index >= 15 is 0 Å². The fourth-order valence-electron chi connectivity index (χ4n) is 3.90. The van der Waals surface area contributed by atoms with Crippen LogP contribution in [0.4, 0.5) is 4.39 Å². The Bertz CT molecular complexity index is 1080. The van der Waals surface area contributed by atoms with Gasteiger partial charge in [0.25, 0.3) is 11.7 Å². The summed E-state index contributed by atoms with van der Waals surface area (Å²) in [5.41, 5.74) is 0.733. The molecule has 7 nitrogen and oxygen atoms in total. The monoisotopic (exact) mass is 485 g/mol. The molecule has 1 aliphatic rings. The Balaban J connectivity index is 2.09. The van der Waals surface area contributed by atoms with Crippen LogP contribution in [-0.4, -0.2) is 55.2 Å². The summed E-state index contributed by atoms with van der Waals surface area (Å²) in [6.07, 6.45) is 0.877. The quantitative estimate of drug-likeness (QED) is 0.282. The number of hydrogen-bond donors (Lipinski definition) is 1. The molecule has 1 N–H and O–H groups in total. The van der Waals surface area contributed by atoms with Crippen molar-refractivity contribution in [1.29, 1.82) is 0 Å². The summed E-state index contributed by atoms with van der Waals surface area (Å²) in [5, 5.41) is 11.0. The van der Waals surface area contributed by atoms with Gasteiger partial charge in [-0.25, -0.2) is 4.39 Å². The molecule has 1 heterocycles. The minimum atomic E-state index is -0.876. The highest BCUT2D eigenvalue weighted by Gasteiger charge is 2.46. The van der Waals surface area contributed by atoms with E-state index in [4.69, 9.17) is 14.2 Å². The van der Waals surface area contributed by atoms with Crippen molar-refractivity contribution < 1.29 is 33.3 Å². The number of nitrogens with zero attached hydrogens (tertiary/aromatic N) is 1. The van der Waals surface area contributed by atoms with Crippen LogP contribution in [0.25, 0.3) is 5.76 Å². The van der Waals surface area contributed by atoms with E-state index in [0.29, 0.717) is 36.2 Å². The van der Waals surface area contributed by atoms with E-state index in [0.717, 1.165) is 6.42 Å². The third kappa shape index (κ3) is 6.00. The van der Waals surface area contributed by atoms with Gasteiger partial charge >= 0.3 is 0 Å². The first-order valence-corrected chi connectivity index (χ1v) is 11.7. The van der Waals surface area contributed by atoms with Crippen LogP contribution in [0, 0.1) is 11.7 Å². The summed E-state index contributed by atoms with van der Waals surface area (Å²) in [7, 11) is 1.50. The van der Waals surface area contributed by atoms with E-state index in [-0.39, 0.29) is 30.0 Å². The van der Waals surface area contributed by atoms with E-state index in [1.54, 1.807) is 18.2 Å². The number of rotatable bonds is 11. The topological polar surface area (TPSA) is 85.3 Å². The fourth-order valence-corrected chi connectivity index (χ4v) is 3.90. The first kappa shape index (κ1) is 26.2. The lowest BCUT2D eigenvalue weighted by molar-refractivity contribution is -0.140. The molecule has 35 heavy (non-hydrogen) atoms. The van der Waals surface area contributed by atoms with E-state index in [2.05, 4.69) is 13.8 Å². The minimum absolute atomic E-state index is 0.0753. The predicted octanol–water partition coefficient (Wildman–Crippen LogP) is 4.72. The van der Waals surface area contributed by atoms with E-state index in [9.17, 15) is 19.1 Å². The standard InChI is InChI=1S/C27H32FNO6/c1-5-34-22-16-19(8-11-21(22)35-14-12-17(2)3)24-23(25(30)18-6-9-20(28)10-7-18)26(31)27(32)29(24)13-15-33-4/h6-11,16-17,24,30H,5,12-15H2,1-4H3/b25-23+. The number of benzene rings is 2. The molecule has 0 aromatic heterocycles. The minimum Gasteiger partial charge on any atom is -0.507 e. The van der Waals surface area contributed by atoms with Crippen LogP contribution in [0.1, 0.15) is 44.4 Å². The average Bonchev–Trinajstić information content (AvgIpc) is 3.08. The molecule has 3 rings (SSSR count). The predicted molar refractivity (Wildman–Crippen MR) is 130 cm³/mol. The van der Waals surface area contributed by atoms with Crippen molar-refractivity contribution in [3.8, 4) is 11.5 Å². The first-order valence-electron chi connectivity index (χ1n) is 11.7. The molecule has 0 aliphatic carbocycles. The lowest BCUT2D eigenvalue weighted by atomic mass is 9.95. The van der Waals surface area contributed by atoms with Gasteiger partial charge in [-0.15, -0.1) is 0 Å². The average molecular weight is 486 g/mol. The highest BCUT2D eigenvalue weighted by Crippen LogP contribution is 2.42. The van der Waals surface area contributed by atoms with Crippen LogP contribution >= 0.6 is 0 Å². The van der Waals surface area contributed by atoms with Gasteiger partial charge in [-0.05, 0) is 61.2 Å². The largest absolute Gasteiger partial charge is 0.507 e. The summed E-state index contributed by atoms with van der Waals surface area (Å²) >= 11 is 0. The first-order chi connectivity index (χ1) is 16.8. The molecule has 2 aromatic carbocycles. The maximum atomic E-state index is 13.4. The number of aliphatic hydroxyl groups excluding tert-OH is 1. The maximum Gasteiger partial charge on any atom is 0.295 e. The highest BCUT2D eigenvalue weighted by molar-refractivity contribution is 6.46. The Morgan fingerprint density at radius 2 is 1.77 bits per heavy atom. The number of carbonyl (C=O) groups is 2. The van der Waals surface area contributed by atoms with Crippen LogP contribution in [-0.2, 0) is 14.3 Å². The molecule has 0 radical (unpaired) electrons. The van der Waals surface area contributed by atoms with Gasteiger partial charge in [-0.1, -0.05) is 19.9 Å². The second kappa shape index (κ2) is 11.8. The Kier molecular flexibility index (Phi) is 8.87. The number of aliphatic hydroxyl groups is 1. The molecule has 2 aromatic rings. The number of hydrogen-bond acceptors (Lipinski definition) is 6. The molecule has 0 bridgehead atoms. The van der Waals surface area contributed by atoms with Gasteiger partial charge in [0, 0.05) is 19.2 Å². The molecule has 1 saturated heterocycles. The summed E-state index contributed by atoms with van der Waals surface area (Å²) in [5.74, 6) is -0.890. The maximum absolute atomic E-state index is 13.4.